The number of esters is 1. The molecule has 0 aliphatic carbocycles. The highest BCUT2D eigenvalue weighted by Crippen LogP contribution is 2.14. The lowest BCUT2D eigenvalue weighted by Crippen LogP contribution is -2.33. The molecule has 22 heavy (non-hydrogen) atoms. The Morgan fingerprint density at radius 1 is 1.23 bits per heavy atom. The Kier molecular flexibility index (Phi) is 5.30. The number of furan rings is 1. The first-order valence-electron chi connectivity index (χ1n) is 6.75. The molecule has 1 aromatic heterocycles. The van der Waals surface area contributed by atoms with E-state index in [0.717, 1.165) is 0 Å². The number of ether oxygens (including phenoxy) is 1. The first-order chi connectivity index (χ1) is 10.6. The number of carbonyl (C=O) groups is 2. The maximum absolute atomic E-state index is 13.8. The molecular weight excluding hydrogens is 289 g/mol. The second kappa shape index (κ2) is 7.40. The molecule has 5 nitrogen and oxygen atoms in total. The van der Waals surface area contributed by atoms with Gasteiger partial charge in [-0.1, -0.05) is 12.1 Å². The Labute approximate surface area is 127 Å². The van der Waals surface area contributed by atoms with Gasteiger partial charge in [-0.2, -0.15) is 0 Å². The molecule has 0 bridgehead atoms. The van der Waals surface area contributed by atoms with Gasteiger partial charge >= 0.3 is 5.97 Å². The van der Waals surface area contributed by atoms with Crippen LogP contribution in [0.5, 0.6) is 0 Å². The molecule has 1 aromatic carbocycles. The number of carbonyl (C=O) groups excluding carboxylic acids is 2. The van der Waals surface area contributed by atoms with Crippen LogP contribution in [0.3, 0.4) is 0 Å². The highest BCUT2D eigenvalue weighted by atomic mass is 19.1. The number of hydrogen-bond acceptors (Lipinski definition) is 4. The van der Waals surface area contributed by atoms with Crippen molar-refractivity contribution >= 4 is 11.9 Å². The number of nitrogens with zero attached hydrogens (tertiary/aromatic N) is 1. The lowest BCUT2D eigenvalue weighted by Gasteiger charge is -2.21. The smallest absolute Gasteiger partial charge is 0.307 e. The van der Waals surface area contributed by atoms with Crippen molar-refractivity contribution in [1.82, 2.24) is 4.90 Å². The highest BCUT2D eigenvalue weighted by molar-refractivity contribution is 5.94. The Bertz CT molecular complexity index is 639. The van der Waals surface area contributed by atoms with Gasteiger partial charge in [0.1, 0.15) is 11.6 Å². The molecule has 1 amide bonds. The van der Waals surface area contributed by atoms with E-state index in [1.807, 2.05) is 0 Å². The quantitative estimate of drug-likeness (QED) is 0.770. The molecule has 0 radical (unpaired) electrons. The molecule has 0 saturated heterocycles. The number of hydrogen-bond donors (Lipinski definition) is 0. The van der Waals surface area contributed by atoms with Gasteiger partial charge in [-0.05, 0) is 24.3 Å². The van der Waals surface area contributed by atoms with Gasteiger partial charge in [0.25, 0.3) is 5.91 Å². The molecular formula is C16H16FNO4. The third kappa shape index (κ3) is 3.94. The summed E-state index contributed by atoms with van der Waals surface area (Å²) in [5, 5.41) is 0. The van der Waals surface area contributed by atoms with Crippen LogP contribution in [0.4, 0.5) is 4.39 Å². The summed E-state index contributed by atoms with van der Waals surface area (Å²) in [6.07, 6.45) is 1.51. The predicted octanol–water partition coefficient (Wildman–Crippen LogP) is 2.62. The fourth-order valence-electron chi connectivity index (χ4n) is 1.98. The number of amides is 1. The summed E-state index contributed by atoms with van der Waals surface area (Å²) in [6.45, 7) is 0.262. The van der Waals surface area contributed by atoms with Gasteiger partial charge in [-0.25, -0.2) is 4.39 Å². The average molecular weight is 305 g/mol. The van der Waals surface area contributed by atoms with Gasteiger partial charge in [-0.15, -0.1) is 0 Å². The van der Waals surface area contributed by atoms with Crippen molar-refractivity contribution in [2.45, 2.75) is 13.0 Å². The van der Waals surface area contributed by atoms with Crippen molar-refractivity contribution in [3.05, 3.63) is 59.8 Å². The van der Waals surface area contributed by atoms with Gasteiger partial charge in [-0.3, -0.25) is 9.59 Å². The minimum atomic E-state index is -0.602. The van der Waals surface area contributed by atoms with Crippen LogP contribution in [0, 0.1) is 5.82 Å². The van der Waals surface area contributed by atoms with Gasteiger partial charge in [0.2, 0.25) is 0 Å². The van der Waals surface area contributed by atoms with E-state index in [4.69, 9.17) is 4.42 Å². The van der Waals surface area contributed by atoms with E-state index >= 15 is 0 Å². The highest BCUT2D eigenvalue weighted by Gasteiger charge is 2.21. The first kappa shape index (κ1) is 15.8. The molecule has 116 valence electrons. The number of rotatable bonds is 6. The molecule has 0 spiro atoms. The fraction of sp³-hybridized carbons (Fsp3) is 0.250. The van der Waals surface area contributed by atoms with Crippen molar-refractivity contribution in [3.63, 3.8) is 0 Å². The monoisotopic (exact) mass is 305 g/mol. The molecule has 0 unspecified atom stereocenters. The lowest BCUT2D eigenvalue weighted by atomic mass is 10.1. The molecule has 0 atom stereocenters. The minimum absolute atomic E-state index is 0.0252. The van der Waals surface area contributed by atoms with Gasteiger partial charge in [0.15, 0.2) is 0 Å². The van der Waals surface area contributed by atoms with E-state index in [1.54, 1.807) is 18.2 Å². The zero-order chi connectivity index (χ0) is 15.9. The largest absolute Gasteiger partial charge is 0.469 e. The lowest BCUT2D eigenvalue weighted by molar-refractivity contribution is -0.140. The Morgan fingerprint density at radius 2 is 2.00 bits per heavy atom. The Balaban J connectivity index is 2.17. The standard InChI is InChI=1S/C16H16FNO4/c1-21-15(19)8-9-18(11-12-5-4-10-22-12)16(20)13-6-2-3-7-14(13)17/h2-7,10H,8-9,11H2,1H3. The fourth-order valence-corrected chi connectivity index (χ4v) is 1.98. The van der Waals surface area contributed by atoms with Crippen LogP contribution in [0.1, 0.15) is 22.5 Å². The molecule has 2 aromatic rings. The normalized spacial score (nSPS) is 10.3. The Morgan fingerprint density at radius 3 is 2.64 bits per heavy atom. The van der Waals surface area contributed by atoms with Gasteiger partial charge < -0.3 is 14.1 Å². The van der Waals surface area contributed by atoms with E-state index < -0.39 is 17.7 Å². The van der Waals surface area contributed by atoms with E-state index in [1.165, 1.54) is 36.5 Å². The Hall–Kier alpha value is -2.63. The van der Waals surface area contributed by atoms with Crippen molar-refractivity contribution < 1.29 is 23.1 Å². The summed E-state index contributed by atoms with van der Waals surface area (Å²) in [4.78, 5) is 25.1. The van der Waals surface area contributed by atoms with Crippen LogP contribution in [-0.2, 0) is 16.1 Å². The molecule has 1 heterocycles. The maximum atomic E-state index is 13.8. The third-order valence-corrected chi connectivity index (χ3v) is 3.13. The molecule has 0 aliphatic rings. The van der Waals surface area contributed by atoms with Crippen LogP contribution in [-0.4, -0.2) is 30.4 Å². The summed E-state index contributed by atoms with van der Waals surface area (Å²) in [7, 11) is 1.28. The van der Waals surface area contributed by atoms with Crippen molar-refractivity contribution in [1.29, 1.82) is 0 Å². The molecule has 0 aliphatic heterocycles. The van der Waals surface area contributed by atoms with Crippen molar-refractivity contribution in [2.24, 2.45) is 0 Å². The topological polar surface area (TPSA) is 59.8 Å². The zero-order valence-corrected chi connectivity index (χ0v) is 12.1. The minimum Gasteiger partial charge on any atom is -0.469 e. The predicted molar refractivity (Wildman–Crippen MR) is 76.5 cm³/mol. The summed E-state index contributed by atoms with van der Waals surface area (Å²) < 4.78 is 23.6. The second-order valence-corrected chi connectivity index (χ2v) is 4.61. The molecule has 2 rings (SSSR count). The van der Waals surface area contributed by atoms with E-state index in [-0.39, 0.29) is 25.1 Å². The van der Waals surface area contributed by atoms with E-state index in [0.29, 0.717) is 5.76 Å². The number of methoxy groups -OCH3 is 1. The van der Waals surface area contributed by atoms with E-state index in [9.17, 15) is 14.0 Å². The summed E-state index contributed by atoms with van der Waals surface area (Å²) in [5.74, 6) is -0.992. The molecule has 0 fully saturated rings. The summed E-state index contributed by atoms with van der Waals surface area (Å²) >= 11 is 0. The first-order valence-corrected chi connectivity index (χ1v) is 6.75. The van der Waals surface area contributed by atoms with Gasteiger partial charge in [0, 0.05) is 6.54 Å². The van der Waals surface area contributed by atoms with Crippen LogP contribution in [0.25, 0.3) is 0 Å². The van der Waals surface area contributed by atoms with Crippen LogP contribution in [0.15, 0.2) is 47.1 Å². The average Bonchev–Trinajstić information content (AvgIpc) is 3.04. The van der Waals surface area contributed by atoms with E-state index in [2.05, 4.69) is 4.74 Å². The molecule has 0 N–H and O–H groups in total. The van der Waals surface area contributed by atoms with Gasteiger partial charge in [0.05, 0.1) is 31.9 Å². The molecule has 6 heteroatoms. The summed E-state index contributed by atoms with van der Waals surface area (Å²) in [5.41, 5.74) is -0.0427. The number of halogens is 1. The van der Waals surface area contributed by atoms with Crippen molar-refractivity contribution in [3.8, 4) is 0 Å². The third-order valence-electron chi connectivity index (χ3n) is 3.13. The van der Waals surface area contributed by atoms with Crippen LogP contribution >= 0.6 is 0 Å². The SMILES string of the molecule is COC(=O)CCN(Cc1ccco1)C(=O)c1ccccc1F. The zero-order valence-electron chi connectivity index (χ0n) is 12.1. The van der Waals surface area contributed by atoms with Crippen LogP contribution < -0.4 is 0 Å². The van der Waals surface area contributed by atoms with Crippen molar-refractivity contribution in [2.75, 3.05) is 13.7 Å². The molecule has 0 saturated carbocycles. The second-order valence-electron chi connectivity index (χ2n) is 4.61. The maximum Gasteiger partial charge on any atom is 0.307 e. The number of benzene rings is 1. The summed E-state index contributed by atoms with van der Waals surface area (Å²) in [6, 6.07) is 9.13. The van der Waals surface area contributed by atoms with Crippen LogP contribution in [0.2, 0.25) is 0 Å².